The Kier molecular flexibility index (Phi) is 4.52. The predicted octanol–water partition coefficient (Wildman–Crippen LogP) is 3.41. The second-order valence-electron chi connectivity index (χ2n) is 4.65. The van der Waals surface area contributed by atoms with Gasteiger partial charge in [0.25, 0.3) is 0 Å². The maximum Gasteiger partial charge on any atom is 0.164 e. The minimum atomic E-state index is -0.340. The summed E-state index contributed by atoms with van der Waals surface area (Å²) >= 11 is 3.23. The first-order valence-corrected chi connectivity index (χ1v) is 6.79. The van der Waals surface area contributed by atoms with E-state index in [1.165, 1.54) is 18.5 Å². The molecule has 0 saturated carbocycles. The molecule has 0 spiro atoms. The van der Waals surface area contributed by atoms with Crippen molar-refractivity contribution in [2.24, 2.45) is 5.92 Å². The molecule has 0 atom stereocenters. The molecule has 102 valence electrons. The summed E-state index contributed by atoms with van der Waals surface area (Å²) in [4.78, 5) is 4.15. The van der Waals surface area contributed by atoms with Gasteiger partial charge in [0.2, 0.25) is 0 Å². The lowest BCUT2D eigenvalue weighted by atomic mass is 10.2. The van der Waals surface area contributed by atoms with Crippen molar-refractivity contribution in [3.05, 3.63) is 40.6 Å². The van der Waals surface area contributed by atoms with E-state index in [9.17, 15) is 4.39 Å². The van der Waals surface area contributed by atoms with Gasteiger partial charge in [0.15, 0.2) is 5.82 Å². The number of aromatic nitrogens is 3. The third-order valence-electron chi connectivity index (χ3n) is 2.44. The quantitative estimate of drug-likeness (QED) is 0.844. The zero-order chi connectivity index (χ0) is 13.8. The van der Waals surface area contributed by atoms with Crippen molar-refractivity contribution in [3.63, 3.8) is 0 Å². The Hall–Kier alpha value is -1.43. The minimum Gasteiger partial charge on any atom is -0.485 e. The second-order valence-corrected chi connectivity index (χ2v) is 5.56. The van der Waals surface area contributed by atoms with E-state index >= 15 is 0 Å². The Morgan fingerprint density at radius 1 is 1.37 bits per heavy atom. The van der Waals surface area contributed by atoms with Crippen LogP contribution in [0.2, 0.25) is 0 Å². The van der Waals surface area contributed by atoms with Crippen LogP contribution < -0.4 is 4.74 Å². The molecule has 2 aromatic rings. The van der Waals surface area contributed by atoms with Crippen molar-refractivity contribution in [2.45, 2.75) is 27.0 Å². The number of halogens is 2. The smallest absolute Gasteiger partial charge is 0.164 e. The van der Waals surface area contributed by atoms with Gasteiger partial charge >= 0.3 is 0 Å². The number of nitrogens with zero attached hydrogens (tertiary/aromatic N) is 3. The van der Waals surface area contributed by atoms with E-state index in [-0.39, 0.29) is 12.4 Å². The molecule has 0 aliphatic carbocycles. The van der Waals surface area contributed by atoms with Gasteiger partial charge in [-0.3, -0.25) is 0 Å². The van der Waals surface area contributed by atoms with E-state index in [4.69, 9.17) is 4.74 Å². The van der Waals surface area contributed by atoms with Crippen molar-refractivity contribution in [2.75, 3.05) is 0 Å². The van der Waals surface area contributed by atoms with Gasteiger partial charge < -0.3 is 4.74 Å². The summed E-state index contributed by atoms with van der Waals surface area (Å²) in [6.45, 7) is 5.26. The van der Waals surface area contributed by atoms with Crippen LogP contribution in [0.1, 0.15) is 19.7 Å². The molecular formula is C13H15BrFN3O. The molecule has 1 aromatic carbocycles. The molecule has 2 rings (SSSR count). The monoisotopic (exact) mass is 327 g/mol. The highest BCUT2D eigenvalue weighted by atomic mass is 79.9. The molecular weight excluding hydrogens is 313 g/mol. The standard InChI is InChI=1S/C13H15BrFN3O/c1-9(2)6-18-13(16-8-17-18)7-19-12-4-10(14)3-11(15)5-12/h3-5,8-9H,6-7H2,1-2H3. The maximum atomic E-state index is 13.2. The molecule has 0 saturated heterocycles. The highest BCUT2D eigenvalue weighted by Gasteiger charge is 2.08. The van der Waals surface area contributed by atoms with Crippen LogP contribution in [0.3, 0.4) is 0 Å². The third kappa shape index (κ3) is 4.02. The summed E-state index contributed by atoms with van der Waals surface area (Å²) in [5.41, 5.74) is 0. The van der Waals surface area contributed by atoms with E-state index in [2.05, 4.69) is 39.9 Å². The number of benzene rings is 1. The van der Waals surface area contributed by atoms with Gasteiger partial charge in [-0.1, -0.05) is 29.8 Å². The Morgan fingerprint density at radius 3 is 2.84 bits per heavy atom. The molecule has 4 nitrogen and oxygen atoms in total. The van der Waals surface area contributed by atoms with Crippen LogP contribution in [-0.4, -0.2) is 14.8 Å². The molecule has 0 radical (unpaired) electrons. The Labute approximate surface area is 119 Å². The Balaban J connectivity index is 2.04. The van der Waals surface area contributed by atoms with Crippen LogP contribution >= 0.6 is 15.9 Å². The van der Waals surface area contributed by atoms with Crippen LogP contribution in [0, 0.1) is 11.7 Å². The molecule has 0 N–H and O–H groups in total. The van der Waals surface area contributed by atoms with Crippen LogP contribution in [0.4, 0.5) is 4.39 Å². The predicted molar refractivity (Wildman–Crippen MR) is 73.3 cm³/mol. The summed E-state index contributed by atoms with van der Waals surface area (Å²) in [5, 5.41) is 4.15. The van der Waals surface area contributed by atoms with Gasteiger partial charge in [-0.25, -0.2) is 14.1 Å². The first-order chi connectivity index (χ1) is 9.04. The fourth-order valence-electron chi connectivity index (χ4n) is 1.66. The topological polar surface area (TPSA) is 39.9 Å². The summed E-state index contributed by atoms with van der Waals surface area (Å²) in [6, 6.07) is 4.44. The molecule has 1 aromatic heterocycles. The lowest BCUT2D eigenvalue weighted by molar-refractivity contribution is 0.281. The van der Waals surface area contributed by atoms with Gasteiger partial charge in [0.1, 0.15) is 24.5 Å². The summed E-state index contributed by atoms with van der Waals surface area (Å²) in [7, 11) is 0. The molecule has 19 heavy (non-hydrogen) atoms. The van der Waals surface area contributed by atoms with E-state index in [0.717, 1.165) is 12.4 Å². The lowest BCUT2D eigenvalue weighted by Gasteiger charge is -2.10. The Bertz CT molecular complexity index is 536. The molecule has 0 aliphatic rings. The zero-order valence-corrected chi connectivity index (χ0v) is 12.4. The number of rotatable bonds is 5. The van der Waals surface area contributed by atoms with E-state index < -0.39 is 0 Å². The molecule has 0 aliphatic heterocycles. The van der Waals surface area contributed by atoms with E-state index in [1.54, 1.807) is 10.7 Å². The summed E-state index contributed by atoms with van der Waals surface area (Å²) in [6.07, 6.45) is 1.50. The molecule has 0 fully saturated rings. The van der Waals surface area contributed by atoms with Crippen molar-refractivity contribution in [3.8, 4) is 5.75 Å². The van der Waals surface area contributed by atoms with Gasteiger partial charge in [-0.05, 0) is 18.1 Å². The first-order valence-electron chi connectivity index (χ1n) is 6.00. The third-order valence-corrected chi connectivity index (χ3v) is 2.90. The maximum absolute atomic E-state index is 13.2. The van der Waals surface area contributed by atoms with Crippen LogP contribution in [0.25, 0.3) is 0 Å². The van der Waals surface area contributed by atoms with Crippen LogP contribution in [0.5, 0.6) is 5.75 Å². The number of hydrogen-bond acceptors (Lipinski definition) is 3. The van der Waals surface area contributed by atoms with Crippen LogP contribution in [0.15, 0.2) is 29.0 Å². The fourth-order valence-corrected chi connectivity index (χ4v) is 2.10. The fraction of sp³-hybridized carbons (Fsp3) is 0.385. The molecule has 1 heterocycles. The van der Waals surface area contributed by atoms with E-state index in [0.29, 0.717) is 16.1 Å². The largest absolute Gasteiger partial charge is 0.485 e. The van der Waals surface area contributed by atoms with Gasteiger partial charge in [0.05, 0.1) is 0 Å². The average molecular weight is 328 g/mol. The molecule has 0 unspecified atom stereocenters. The van der Waals surface area contributed by atoms with Gasteiger partial charge in [0, 0.05) is 17.1 Å². The zero-order valence-electron chi connectivity index (χ0n) is 10.8. The summed E-state index contributed by atoms with van der Waals surface area (Å²) < 4.78 is 21.2. The lowest BCUT2D eigenvalue weighted by Crippen LogP contribution is -2.12. The highest BCUT2D eigenvalue weighted by molar-refractivity contribution is 9.10. The van der Waals surface area contributed by atoms with Crippen molar-refractivity contribution < 1.29 is 9.13 Å². The molecule has 6 heteroatoms. The van der Waals surface area contributed by atoms with Gasteiger partial charge in [-0.15, -0.1) is 0 Å². The van der Waals surface area contributed by atoms with Gasteiger partial charge in [-0.2, -0.15) is 5.10 Å². The first kappa shape index (κ1) is 14.0. The molecule has 0 amide bonds. The average Bonchev–Trinajstić information content (AvgIpc) is 2.71. The normalized spacial score (nSPS) is 11.0. The molecule has 0 bridgehead atoms. The number of ether oxygens (including phenoxy) is 1. The van der Waals surface area contributed by atoms with Crippen molar-refractivity contribution >= 4 is 15.9 Å². The Morgan fingerprint density at radius 2 is 2.16 bits per heavy atom. The number of hydrogen-bond donors (Lipinski definition) is 0. The minimum absolute atomic E-state index is 0.266. The van der Waals surface area contributed by atoms with Crippen molar-refractivity contribution in [1.29, 1.82) is 0 Å². The SMILES string of the molecule is CC(C)Cn1ncnc1COc1cc(F)cc(Br)c1. The highest BCUT2D eigenvalue weighted by Crippen LogP contribution is 2.21. The van der Waals surface area contributed by atoms with Crippen molar-refractivity contribution in [1.82, 2.24) is 14.8 Å². The summed E-state index contributed by atoms with van der Waals surface area (Å²) in [5.74, 6) is 1.33. The van der Waals surface area contributed by atoms with E-state index in [1.807, 2.05) is 0 Å². The van der Waals surface area contributed by atoms with Crippen LogP contribution in [-0.2, 0) is 13.2 Å². The second kappa shape index (κ2) is 6.14.